The maximum absolute atomic E-state index is 13.0. The monoisotopic (exact) mass is 485 g/mol. The van der Waals surface area contributed by atoms with Crippen molar-refractivity contribution >= 4 is 56.0 Å². The molecule has 3 aromatic carbocycles. The highest BCUT2D eigenvalue weighted by molar-refractivity contribution is 9.10. The lowest BCUT2D eigenvalue weighted by Gasteiger charge is -2.12. The highest BCUT2D eigenvalue weighted by Gasteiger charge is 2.17. The number of esters is 1. The molecule has 0 amide bonds. The Morgan fingerprint density at radius 3 is 2.41 bits per heavy atom. The van der Waals surface area contributed by atoms with Gasteiger partial charge in [-0.15, -0.1) is 0 Å². The normalized spacial score (nSPS) is 10.9. The Labute approximate surface area is 186 Å². The number of rotatable bonds is 4. The van der Waals surface area contributed by atoms with Crippen molar-refractivity contribution in [3.63, 3.8) is 0 Å². The fraction of sp³-hybridized carbons (Fsp3) is 0.0435. The third-order valence-corrected chi connectivity index (χ3v) is 5.67. The summed E-state index contributed by atoms with van der Waals surface area (Å²) in [6, 6.07) is 22.2. The number of hydrogen-bond donors (Lipinski definition) is 0. The molecule has 6 heteroatoms. The lowest BCUT2D eigenvalue weighted by atomic mass is 10.0. The van der Waals surface area contributed by atoms with Gasteiger partial charge in [0.2, 0.25) is 0 Å². The zero-order chi connectivity index (χ0) is 20.4. The summed E-state index contributed by atoms with van der Waals surface area (Å²) in [4.78, 5) is 17.7. The molecule has 0 atom stereocenters. The van der Waals surface area contributed by atoms with Crippen LogP contribution in [0.4, 0.5) is 0 Å². The Bertz CT molecular complexity index is 1210. The van der Waals surface area contributed by atoms with Gasteiger partial charge in [0.15, 0.2) is 0 Å². The number of benzene rings is 3. The van der Waals surface area contributed by atoms with E-state index in [9.17, 15) is 4.79 Å². The SMILES string of the molecule is O=C(OCc1c(Cl)cccc1Cl)c1cc(-c2cccc(Br)c2)nc2ccccc12. The molecule has 4 aromatic rings. The first-order valence-corrected chi connectivity index (χ1v) is 10.3. The molecule has 1 aromatic heterocycles. The van der Waals surface area contributed by atoms with Gasteiger partial charge < -0.3 is 4.74 Å². The zero-order valence-corrected chi connectivity index (χ0v) is 18.1. The number of fused-ring (bicyclic) bond motifs is 1. The van der Waals surface area contributed by atoms with Gasteiger partial charge in [-0.25, -0.2) is 9.78 Å². The first-order chi connectivity index (χ1) is 14.0. The molecule has 0 unspecified atom stereocenters. The molecule has 29 heavy (non-hydrogen) atoms. The second-order valence-corrected chi connectivity index (χ2v) is 8.09. The van der Waals surface area contributed by atoms with E-state index < -0.39 is 5.97 Å². The fourth-order valence-electron chi connectivity index (χ4n) is 3.03. The van der Waals surface area contributed by atoms with E-state index in [0.717, 1.165) is 15.4 Å². The van der Waals surface area contributed by atoms with Crippen molar-refractivity contribution < 1.29 is 9.53 Å². The minimum absolute atomic E-state index is 0.0137. The minimum atomic E-state index is -0.462. The van der Waals surface area contributed by atoms with Crippen molar-refractivity contribution in [1.82, 2.24) is 4.98 Å². The molecule has 0 aliphatic rings. The molecule has 3 nitrogen and oxygen atoms in total. The van der Waals surface area contributed by atoms with Crippen molar-refractivity contribution in [2.24, 2.45) is 0 Å². The summed E-state index contributed by atoms with van der Waals surface area (Å²) in [5, 5.41) is 1.64. The zero-order valence-electron chi connectivity index (χ0n) is 15.0. The summed E-state index contributed by atoms with van der Waals surface area (Å²) in [5.41, 5.74) is 3.32. The smallest absolute Gasteiger partial charge is 0.339 e. The van der Waals surface area contributed by atoms with Crippen LogP contribution in [0, 0.1) is 0 Å². The second kappa shape index (κ2) is 8.54. The summed E-state index contributed by atoms with van der Waals surface area (Å²) >= 11 is 15.8. The van der Waals surface area contributed by atoms with Gasteiger partial charge in [-0.1, -0.05) is 75.5 Å². The first kappa shape index (κ1) is 19.9. The van der Waals surface area contributed by atoms with E-state index in [-0.39, 0.29) is 6.61 Å². The second-order valence-electron chi connectivity index (χ2n) is 6.36. The van der Waals surface area contributed by atoms with E-state index in [0.29, 0.717) is 32.4 Å². The number of carbonyl (C=O) groups excluding carboxylic acids is 1. The van der Waals surface area contributed by atoms with Crippen molar-refractivity contribution in [2.75, 3.05) is 0 Å². The van der Waals surface area contributed by atoms with Crippen LogP contribution in [-0.2, 0) is 11.3 Å². The molecule has 0 saturated carbocycles. The average Bonchev–Trinajstić information content (AvgIpc) is 2.72. The van der Waals surface area contributed by atoms with E-state index in [1.54, 1.807) is 24.3 Å². The largest absolute Gasteiger partial charge is 0.457 e. The molecule has 0 saturated heterocycles. The Kier molecular flexibility index (Phi) is 5.86. The van der Waals surface area contributed by atoms with E-state index in [1.165, 1.54) is 0 Å². The van der Waals surface area contributed by atoms with Crippen LogP contribution in [0.5, 0.6) is 0 Å². The lowest BCUT2D eigenvalue weighted by molar-refractivity contribution is 0.0475. The van der Waals surface area contributed by atoms with Gasteiger partial charge in [0.1, 0.15) is 6.61 Å². The van der Waals surface area contributed by atoms with Gasteiger partial charge in [0.25, 0.3) is 0 Å². The van der Waals surface area contributed by atoms with Crippen LogP contribution < -0.4 is 0 Å². The van der Waals surface area contributed by atoms with E-state index in [2.05, 4.69) is 15.9 Å². The molecule has 4 rings (SSSR count). The third-order valence-electron chi connectivity index (χ3n) is 4.47. The third kappa shape index (κ3) is 4.30. The van der Waals surface area contributed by atoms with E-state index in [4.69, 9.17) is 32.9 Å². The van der Waals surface area contributed by atoms with Gasteiger partial charge in [0, 0.05) is 31.0 Å². The van der Waals surface area contributed by atoms with Crippen molar-refractivity contribution in [2.45, 2.75) is 6.61 Å². The van der Waals surface area contributed by atoms with Gasteiger partial charge in [0.05, 0.1) is 16.8 Å². The lowest BCUT2D eigenvalue weighted by Crippen LogP contribution is -2.07. The Morgan fingerprint density at radius 2 is 1.66 bits per heavy atom. The van der Waals surface area contributed by atoms with Crippen molar-refractivity contribution in [3.05, 3.63) is 98.4 Å². The van der Waals surface area contributed by atoms with Gasteiger partial charge >= 0.3 is 5.97 Å². The molecular weight excluding hydrogens is 473 g/mol. The quantitative estimate of drug-likeness (QED) is 0.283. The van der Waals surface area contributed by atoms with Crippen LogP contribution >= 0.6 is 39.1 Å². The van der Waals surface area contributed by atoms with E-state index in [1.807, 2.05) is 48.5 Å². The molecule has 0 fully saturated rings. The summed E-state index contributed by atoms with van der Waals surface area (Å²) in [5.74, 6) is -0.462. The predicted molar refractivity (Wildman–Crippen MR) is 120 cm³/mol. The number of carbonyl (C=O) groups is 1. The Hall–Kier alpha value is -2.40. The van der Waals surface area contributed by atoms with Crippen LogP contribution in [0.15, 0.2) is 77.3 Å². The average molecular weight is 487 g/mol. The number of hydrogen-bond acceptors (Lipinski definition) is 3. The van der Waals surface area contributed by atoms with Gasteiger partial charge in [-0.2, -0.15) is 0 Å². The maximum atomic E-state index is 13.0. The van der Waals surface area contributed by atoms with Crippen molar-refractivity contribution in [3.8, 4) is 11.3 Å². The molecule has 0 radical (unpaired) electrons. The molecule has 1 heterocycles. The molecular formula is C23H14BrCl2NO2. The van der Waals surface area contributed by atoms with Crippen molar-refractivity contribution in [1.29, 1.82) is 0 Å². The topological polar surface area (TPSA) is 39.2 Å². The highest BCUT2D eigenvalue weighted by Crippen LogP contribution is 2.29. The molecule has 0 bridgehead atoms. The molecule has 144 valence electrons. The Morgan fingerprint density at radius 1 is 0.931 bits per heavy atom. The predicted octanol–water partition coefficient (Wildman–Crippen LogP) is 7.33. The summed E-state index contributed by atoms with van der Waals surface area (Å²) in [7, 11) is 0. The van der Waals surface area contributed by atoms with Gasteiger partial charge in [-0.05, 0) is 36.4 Å². The van der Waals surface area contributed by atoms with Gasteiger partial charge in [-0.3, -0.25) is 0 Å². The maximum Gasteiger partial charge on any atom is 0.339 e. The number of pyridine rings is 1. The number of halogens is 3. The Balaban J connectivity index is 1.73. The van der Waals surface area contributed by atoms with Crippen LogP contribution in [-0.4, -0.2) is 11.0 Å². The number of ether oxygens (including phenoxy) is 1. The summed E-state index contributed by atoms with van der Waals surface area (Å²) in [6.45, 7) is -0.0137. The first-order valence-electron chi connectivity index (χ1n) is 8.78. The van der Waals surface area contributed by atoms with Crippen LogP contribution in [0.25, 0.3) is 22.2 Å². The molecule has 0 N–H and O–H groups in total. The molecule has 0 spiro atoms. The van der Waals surface area contributed by atoms with Crippen LogP contribution in [0.1, 0.15) is 15.9 Å². The van der Waals surface area contributed by atoms with Crippen LogP contribution in [0.3, 0.4) is 0 Å². The number of aromatic nitrogens is 1. The standard InChI is InChI=1S/C23H14BrCl2NO2/c24-15-6-3-5-14(11-15)22-12-17(16-7-1-2-10-21(16)27-22)23(28)29-13-18-19(25)8-4-9-20(18)26/h1-12H,13H2. The van der Waals surface area contributed by atoms with E-state index >= 15 is 0 Å². The molecule has 0 aliphatic carbocycles. The number of nitrogens with zero attached hydrogens (tertiary/aromatic N) is 1. The number of para-hydroxylation sites is 1. The molecule has 0 aliphatic heterocycles. The van der Waals surface area contributed by atoms with Crippen LogP contribution in [0.2, 0.25) is 10.0 Å². The summed E-state index contributed by atoms with van der Waals surface area (Å²) in [6.07, 6.45) is 0. The minimum Gasteiger partial charge on any atom is -0.457 e. The summed E-state index contributed by atoms with van der Waals surface area (Å²) < 4.78 is 6.49. The fourth-order valence-corrected chi connectivity index (χ4v) is 3.93. The highest BCUT2D eigenvalue weighted by atomic mass is 79.9.